The molecule has 3 rings (SSSR count). The summed E-state index contributed by atoms with van der Waals surface area (Å²) in [5.74, 6) is 0.663. The van der Waals surface area contributed by atoms with Crippen molar-refractivity contribution >= 4 is 60.7 Å². The third kappa shape index (κ3) is 6.93. The van der Waals surface area contributed by atoms with Gasteiger partial charge in [-0.3, -0.25) is 5.32 Å². The van der Waals surface area contributed by atoms with E-state index >= 15 is 0 Å². The number of anilines is 1. The average molecular weight is 605 g/mol. The lowest BCUT2D eigenvalue weighted by molar-refractivity contribution is 0.135. The molecule has 1 heterocycles. The Kier molecular flexibility index (Phi) is 8.81. The second kappa shape index (κ2) is 11.2. The van der Waals surface area contributed by atoms with Crippen LogP contribution in [0.4, 0.5) is 10.5 Å². The van der Waals surface area contributed by atoms with Crippen LogP contribution in [0.25, 0.3) is 0 Å². The minimum Gasteiger partial charge on any atom is -0.497 e. The van der Waals surface area contributed by atoms with Gasteiger partial charge in [-0.2, -0.15) is 0 Å². The number of amides is 1. The highest BCUT2D eigenvalue weighted by Crippen LogP contribution is 2.27. The minimum atomic E-state index is -3.81. The molecule has 2 atom stereocenters. The summed E-state index contributed by atoms with van der Waals surface area (Å²) in [6.07, 6.45) is -0.279. The fourth-order valence-electron chi connectivity index (χ4n) is 3.61. The molecule has 1 aliphatic rings. The van der Waals surface area contributed by atoms with Crippen LogP contribution in [0.1, 0.15) is 6.42 Å². The maximum absolute atomic E-state index is 12.9. The van der Waals surface area contributed by atoms with E-state index in [0.717, 1.165) is 0 Å². The van der Waals surface area contributed by atoms with Crippen molar-refractivity contribution in [3.63, 3.8) is 0 Å². The number of carbonyl (C=O) groups is 1. The normalized spacial score (nSPS) is 18.7. The molecule has 1 saturated heterocycles. The Morgan fingerprint density at radius 3 is 2.58 bits per heavy atom. The predicted molar refractivity (Wildman–Crippen MR) is 133 cm³/mol. The topological polar surface area (TPSA) is 117 Å². The molecular weight excluding hydrogens is 581 g/mol. The summed E-state index contributed by atoms with van der Waals surface area (Å²) in [7, 11) is -3.10. The van der Waals surface area contributed by atoms with E-state index in [0.29, 0.717) is 26.8 Å². The van der Waals surface area contributed by atoms with Crippen LogP contribution in [-0.4, -0.2) is 63.7 Å². The van der Waals surface area contributed by atoms with Gasteiger partial charge in [-0.05, 0) is 71.6 Å². The summed E-state index contributed by atoms with van der Waals surface area (Å²) >= 11 is 6.57. The molecule has 13 heteroatoms. The first kappa shape index (κ1) is 26.0. The predicted octanol–water partition coefficient (Wildman–Crippen LogP) is 3.30. The van der Waals surface area contributed by atoms with E-state index in [1.165, 1.54) is 6.07 Å². The van der Waals surface area contributed by atoms with E-state index in [2.05, 4.69) is 41.9 Å². The molecule has 0 aromatic heterocycles. The second-order valence-electron chi connectivity index (χ2n) is 7.56. The number of hydrogen-bond acceptors (Lipinski definition) is 7. The molecule has 0 spiro atoms. The molecule has 1 fully saturated rings. The number of sulfonamides is 1. The quantitative estimate of drug-likeness (QED) is 0.396. The molecular formula is C20H24BBr2N3O6S. The smallest absolute Gasteiger partial charge is 0.411 e. The lowest BCUT2D eigenvalue weighted by Gasteiger charge is -2.24. The Labute approximate surface area is 210 Å². The molecule has 0 bridgehead atoms. The third-order valence-electron chi connectivity index (χ3n) is 5.18. The van der Waals surface area contributed by atoms with E-state index in [9.17, 15) is 18.2 Å². The van der Waals surface area contributed by atoms with Crippen molar-refractivity contribution in [2.75, 3.05) is 25.6 Å². The van der Waals surface area contributed by atoms with Crippen LogP contribution in [-0.2, 0) is 14.8 Å². The largest absolute Gasteiger partial charge is 0.497 e. The van der Waals surface area contributed by atoms with Crippen LogP contribution in [0.15, 0.2) is 56.3 Å². The number of nitrogens with zero attached hydrogens (tertiary/aromatic N) is 1. The van der Waals surface area contributed by atoms with Gasteiger partial charge in [0.25, 0.3) is 0 Å². The van der Waals surface area contributed by atoms with Gasteiger partial charge in [0.05, 0.1) is 12.0 Å². The van der Waals surface area contributed by atoms with Gasteiger partial charge >= 0.3 is 13.1 Å². The number of benzene rings is 2. The van der Waals surface area contributed by atoms with E-state index < -0.39 is 29.2 Å². The van der Waals surface area contributed by atoms with E-state index in [1.54, 1.807) is 55.1 Å². The molecule has 9 nitrogen and oxygen atoms in total. The molecule has 0 aliphatic carbocycles. The highest BCUT2D eigenvalue weighted by atomic mass is 79.9. The molecule has 1 aliphatic heterocycles. The van der Waals surface area contributed by atoms with Crippen molar-refractivity contribution in [2.24, 2.45) is 0 Å². The van der Waals surface area contributed by atoms with Crippen LogP contribution in [0.2, 0.25) is 6.82 Å². The van der Waals surface area contributed by atoms with Crippen LogP contribution < -0.4 is 14.8 Å². The maximum atomic E-state index is 12.9. The number of nitrogens with one attached hydrogen (secondary N) is 2. The van der Waals surface area contributed by atoms with Crippen LogP contribution in [0, 0.1) is 0 Å². The molecule has 2 aromatic rings. The van der Waals surface area contributed by atoms with Gasteiger partial charge in [0.15, 0.2) is 0 Å². The zero-order valence-electron chi connectivity index (χ0n) is 18.0. The van der Waals surface area contributed by atoms with Crippen molar-refractivity contribution in [3.05, 3.63) is 51.4 Å². The van der Waals surface area contributed by atoms with Crippen molar-refractivity contribution in [2.45, 2.75) is 30.2 Å². The molecule has 178 valence electrons. The van der Waals surface area contributed by atoms with E-state index in [-0.39, 0.29) is 24.1 Å². The second-order valence-corrected chi connectivity index (χ2v) is 11.0. The Balaban J connectivity index is 1.61. The summed E-state index contributed by atoms with van der Waals surface area (Å²) in [5.41, 5.74) is 0.546. The molecule has 2 aromatic carbocycles. The van der Waals surface area contributed by atoms with Crippen molar-refractivity contribution in [1.29, 1.82) is 0 Å². The van der Waals surface area contributed by atoms with Gasteiger partial charge < -0.3 is 19.3 Å². The maximum Gasteiger partial charge on any atom is 0.411 e. The summed E-state index contributed by atoms with van der Waals surface area (Å²) < 4.78 is 40.0. The number of methoxy groups -OCH3 is 1. The first-order valence-corrected chi connectivity index (χ1v) is 13.1. The van der Waals surface area contributed by atoms with Gasteiger partial charge in [-0.15, -0.1) is 0 Å². The zero-order valence-corrected chi connectivity index (χ0v) is 22.0. The Morgan fingerprint density at radius 1 is 1.24 bits per heavy atom. The molecule has 3 N–H and O–H groups in total. The highest BCUT2D eigenvalue weighted by molar-refractivity contribution is 9.11. The van der Waals surface area contributed by atoms with Gasteiger partial charge in [-0.25, -0.2) is 17.9 Å². The van der Waals surface area contributed by atoms with Crippen LogP contribution >= 0.6 is 31.9 Å². The summed E-state index contributed by atoms with van der Waals surface area (Å²) in [6.45, 7) is 1.86. The molecule has 0 unspecified atom stereocenters. The molecule has 1 amide bonds. The number of carbonyl (C=O) groups excluding carboxylic acids is 1. The van der Waals surface area contributed by atoms with Gasteiger partial charge in [-0.1, -0.05) is 15.9 Å². The van der Waals surface area contributed by atoms with Crippen molar-refractivity contribution < 1.29 is 27.7 Å². The van der Waals surface area contributed by atoms with Crippen LogP contribution in [0.3, 0.4) is 0 Å². The Morgan fingerprint density at radius 2 is 1.94 bits per heavy atom. The lowest BCUT2D eigenvalue weighted by atomic mass is 9.84. The Hall–Kier alpha value is -1.64. The molecule has 0 radical (unpaired) electrons. The fourth-order valence-corrected chi connectivity index (χ4v) is 6.36. The first-order valence-electron chi connectivity index (χ1n) is 10.1. The van der Waals surface area contributed by atoms with E-state index in [1.807, 2.05) is 0 Å². The summed E-state index contributed by atoms with van der Waals surface area (Å²) in [6, 6.07) is 10.9. The summed E-state index contributed by atoms with van der Waals surface area (Å²) in [4.78, 5) is 14.0. The third-order valence-corrected chi connectivity index (χ3v) is 8.19. The monoisotopic (exact) mass is 603 g/mol. The van der Waals surface area contributed by atoms with E-state index in [4.69, 9.17) is 9.47 Å². The van der Waals surface area contributed by atoms with Crippen LogP contribution in [0.5, 0.6) is 5.75 Å². The fraction of sp³-hybridized carbons (Fsp3) is 0.350. The number of halogens is 2. The molecule has 33 heavy (non-hydrogen) atoms. The zero-order chi connectivity index (χ0) is 24.2. The van der Waals surface area contributed by atoms with Gasteiger partial charge in [0, 0.05) is 33.3 Å². The van der Waals surface area contributed by atoms with Crippen molar-refractivity contribution in [1.82, 2.24) is 9.53 Å². The standard InChI is InChI=1S/C20H24BBr2N3O6S/c1-21(28)26-11-15(25-33(29,30)19-9-13(22)3-8-18(19)23)10-16(26)12-32-20(27)24-14-4-6-17(31-2)7-5-14/h3-9,15-16,25,28H,10-12H2,1-2H3,(H,24,27)/t15-,16-/m1/s1. The lowest BCUT2D eigenvalue weighted by Crippen LogP contribution is -2.44. The highest BCUT2D eigenvalue weighted by Gasteiger charge is 2.38. The average Bonchev–Trinajstić information content (AvgIpc) is 3.16. The van der Waals surface area contributed by atoms with Crippen molar-refractivity contribution in [3.8, 4) is 5.75 Å². The SMILES string of the molecule is COc1ccc(NC(=O)OC[C@H]2C[C@@H](NS(=O)(=O)c3cc(Br)ccc3Br)CN2B(C)O)cc1. The minimum absolute atomic E-state index is 0.00824. The number of hydrogen-bond donors (Lipinski definition) is 3. The number of ether oxygens (including phenoxy) is 2. The van der Waals surface area contributed by atoms with Gasteiger partial charge in [0.1, 0.15) is 12.4 Å². The molecule has 0 saturated carbocycles. The number of rotatable bonds is 8. The summed E-state index contributed by atoms with van der Waals surface area (Å²) in [5, 5.41) is 12.8. The first-order chi connectivity index (χ1) is 15.6. The Bertz CT molecular complexity index is 1090. The van der Waals surface area contributed by atoms with Gasteiger partial charge in [0.2, 0.25) is 10.0 Å².